The molecule has 0 saturated carbocycles. The Morgan fingerprint density at radius 1 is 1.26 bits per heavy atom. The highest BCUT2D eigenvalue weighted by atomic mass is 32.1. The molecule has 0 radical (unpaired) electrons. The van der Waals surface area contributed by atoms with Gasteiger partial charge in [0.1, 0.15) is 17.9 Å². The number of carbonyl (C=O) groups is 1. The van der Waals surface area contributed by atoms with Gasteiger partial charge in [0.05, 0.1) is 23.3 Å². The third kappa shape index (κ3) is 5.51. The van der Waals surface area contributed by atoms with E-state index in [1.165, 1.54) is 0 Å². The molecule has 1 aromatic carbocycles. The van der Waals surface area contributed by atoms with Gasteiger partial charge in [0.15, 0.2) is 5.82 Å². The van der Waals surface area contributed by atoms with Crippen LogP contribution in [0.2, 0.25) is 0 Å². The summed E-state index contributed by atoms with van der Waals surface area (Å²) >= 11 is 4.74. The molecule has 0 aliphatic carbocycles. The number of piperazine rings is 1. The van der Waals surface area contributed by atoms with Gasteiger partial charge in [-0.1, -0.05) is 12.7 Å². The summed E-state index contributed by atoms with van der Waals surface area (Å²) in [5.74, 6) is 1.22. The quantitative estimate of drug-likeness (QED) is 0.642. The summed E-state index contributed by atoms with van der Waals surface area (Å²) in [5.41, 5.74) is 2.13. The number of allylic oxidation sites excluding steroid dienone is 2. The molecule has 0 spiro atoms. The van der Waals surface area contributed by atoms with Gasteiger partial charge in [0.2, 0.25) is 0 Å². The highest BCUT2D eigenvalue weighted by Gasteiger charge is 2.21. The molecular formula is C24H31N7O2S. The summed E-state index contributed by atoms with van der Waals surface area (Å²) in [7, 11) is 2.13. The first-order valence-electron chi connectivity index (χ1n) is 11.4. The first-order chi connectivity index (χ1) is 16.5. The van der Waals surface area contributed by atoms with Gasteiger partial charge in [-0.3, -0.25) is 4.79 Å². The molecule has 1 fully saturated rings. The van der Waals surface area contributed by atoms with Crippen LogP contribution in [-0.4, -0.2) is 71.1 Å². The molecule has 1 atom stereocenters. The fourth-order valence-electron chi connectivity index (χ4n) is 4.02. The molecule has 10 heteroatoms. The van der Waals surface area contributed by atoms with Gasteiger partial charge in [0.25, 0.3) is 5.91 Å². The van der Waals surface area contributed by atoms with Crippen molar-refractivity contribution in [3.05, 3.63) is 60.5 Å². The number of thiol groups is 1. The van der Waals surface area contributed by atoms with Crippen LogP contribution in [0, 0.1) is 0 Å². The van der Waals surface area contributed by atoms with Gasteiger partial charge in [0, 0.05) is 37.9 Å². The molecule has 1 saturated heterocycles. The molecule has 0 unspecified atom stereocenters. The van der Waals surface area contributed by atoms with Gasteiger partial charge in [-0.2, -0.15) is 12.6 Å². The van der Waals surface area contributed by atoms with Crippen LogP contribution in [0.15, 0.2) is 54.1 Å². The Morgan fingerprint density at radius 3 is 2.82 bits per heavy atom. The second-order valence-electron chi connectivity index (χ2n) is 8.44. The maximum absolute atomic E-state index is 13.2. The average molecular weight is 482 g/mol. The van der Waals surface area contributed by atoms with Gasteiger partial charge in [-0.15, -0.1) is 10.2 Å². The monoisotopic (exact) mass is 481 g/mol. The summed E-state index contributed by atoms with van der Waals surface area (Å²) in [4.78, 5) is 22.5. The van der Waals surface area contributed by atoms with Crippen molar-refractivity contribution in [3.63, 3.8) is 0 Å². The number of amides is 1. The number of fused-ring (bicyclic) bond motifs is 2. The van der Waals surface area contributed by atoms with E-state index in [9.17, 15) is 4.79 Å². The van der Waals surface area contributed by atoms with Crippen molar-refractivity contribution in [2.75, 3.05) is 44.7 Å². The molecule has 34 heavy (non-hydrogen) atoms. The number of aromatic nitrogens is 3. The topological polar surface area (TPSA) is 87.9 Å². The summed E-state index contributed by atoms with van der Waals surface area (Å²) < 4.78 is 8.02. The van der Waals surface area contributed by atoms with E-state index in [1.807, 2.05) is 29.7 Å². The Morgan fingerprint density at radius 2 is 2.06 bits per heavy atom. The molecule has 2 aliphatic rings. The zero-order valence-corrected chi connectivity index (χ0v) is 20.5. The summed E-state index contributed by atoms with van der Waals surface area (Å²) in [5, 5.41) is 11.0. The number of rotatable bonds is 2. The Balaban J connectivity index is 1.67. The fraction of sp³-hybridized carbons (Fsp3) is 0.417. The third-order valence-corrected chi connectivity index (χ3v) is 6.47. The van der Waals surface area contributed by atoms with Crippen LogP contribution in [0.5, 0.6) is 5.75 Å². The molecule has 1 aromatic heterocycles. The van der Waals surface area contributed by atoms with Gasteiger partial charge in [-0.05, 0) is 45.0 Å². The van der Waals surface area contributed by atoms with E-state index in [0.29, 0.717) is 35.3 Å². The molecule has 1 amide bonds. The fourth-order valence-corrected chi connectivity index (χ4v) is 4.37. The van der Waals surface area contributed by atoms with E-state index in [1.54, 1.807) is 18.5 Å². The number of carbonyl (C=O) groups excluding carboxylic acids is 1. The molecule has 2 aliphatic heterocycles. The first-order valence-corrected chi connectivity index (χ1v) is 12.0. The highest BCUT2D eigenvalue weighted by molar-refractivity contribution is 7.80. The number of ether oxygens (including phenoxy) is 1. The lowest BCUT2D eigenvalue weighted by Gasteiger charge is -2.34. The second kappa shape index (κ2) is 10.9. The Labute approximate surface area is 205 Å². The lowest BCUT2D eigenvalue weighted by Crippen LogP contribution is -2.44. The van der Waals surface area contributed by atoms with E-state index in [4.69, 9.17) is 17.4 Å². The molecule has 4 rings (SSSR count). The van der Waals surface area contributed by atoms with Crippen molar-refractivity contribution in [2.45, 2.75) is 25.1 Å². The predicted octanol–water partition coefficient (Wildman–Crippen LogP) is 2.90. The summed E-state index contributed by atoms with van der Waals surface area (Å²) in [6, 6.07) is 5.77. The minimum Gasteiger partial charge on any atom is -0.493 e. The number of nitrogens with zero attached hydrogens (tertiary/aromatic N) is 6. The molecule has 3 heterocycles. The summed E-state index contributed by atoms with van der Waals surface area (Å²) in [6.07, 6.45) is 6.37. The SMILES string of the molecule is C=C/C=C1\N=C(/C)c2nncn2[C@@H](S)CCCOc2cc(N3CCN(C)CC3)ccc2C(=O)N1. The maximum atomic E-state index is 13.2. The van der Waals surface area contributed by atoms with E-state index in [-0.39, 0.29) is 11.3 Å². The Kier molecular flexibility index (Phi) is 7.69. The number of anilines is 1. The zero-order chi connectivity index (χ0) is 24.1. The van der Waals surface area contributed by atoms with Crippen molar-refractivity contribution in [1.82, 2.24) is 25.0 Å². The Hall–Kier alpha value is -3.11. The molecule has 0 bridgehead atoms. The molecular weight excluding hydrogens is 450 g/mol. The number of aliphatic imine (C=N–C) groups is 1. The van der Waals surface area contributed by atoms with Crippen LogP contribution in [0.25, 0.3) is 0 Å². The summed E-state index contributed by atoms with van der Waals surface area (Å²) in [6.45, 7) is 9.91. The van der Waals surface area contributed by atoms with Crippen LogP contribution < -0.4 is 15.0 Å². The maximum Gasteiger partial charge on any atom is 0.260 e. The van der Waals surface area contributed by atoms with E-state index in [0.717, 1.165) is 44.7 Å². The number of hydrogen-bond donors (Lipinski definition) is 2. The largest absolute Gasteiger partial charge is 0.493 e. The van der Waals surface area contributed by atoms with Crippen LogP contribution in [-0.2, 0) is 0 Å². The van der Waals surface area contributed by atoms with Gasteiger partial charge in [-0.25, -0.2) is 4.99 Å². The molecule has 180 valence electrons. The van der Waals surface area contributed by atoms with E-state index in [2.05, 4.69) is 43.9 Å². The number of likely N-dealkylation sites (N-methyl/N-ethyl adjacent to an activating group) is 1. The standard InChI is InChI=1S/C24H31N7O2S/c1-4-6-21-26-17(2)23-28-25-16-31(23)22(34)7-5-14-33-20-15-18(8-9-19(20)24(32)27-21)30-12-10-29(3)11-13-30/h4,6,8-9,15-16,22,34H,1,5,7,10-14H2,2-3H3,(H,27,32)/b21-6+,26-17+/t22-/m0/s1. The molecule has 9 nitrogen and oxygen atoms in total. The van der Waals surface area contributed by atoms with Crippen molar-refractivity contribution < 1.29 is 9.53 Å². The lowest BCUT2D eigenvalue weighted by molar-refractivity contribution is 0.0961. The Bertz CT molecular complexity index is 1100. The first kappa shape index (κ1) is 24.0. The minimum atomic E-state index is -0.296. The average Bonchev–Trinajstić information content (AvgIpc) is 3.32. The minimum absolute atomic E-state index is 0.126. The van der Waals surface area contributed by atoms with Crippen LogP contribution in [0.4, 0.5) is 5.69 Å². The smallest absolute Gasteiger partial charge is 0.260 e. The van der Waals surface area contributed by atoms with Crippen molar-refractivity contribution in [3.8, 4) is 5.75 Å². The highest BCUT2D eigenvalue weighted by Crippen LogP contribution is 2.28. The normalized spacial score (nSPS) is 23.1. The van der Waals surface area contributed by atoms with E-state index >= 15 is 0 Å². The number of nitrogens with one attached hydrogen (secondary N) is 1. The van der Waals surface area contributed by atoms with Crippen molar-refractivity contribution >= 4 is 29.9 Å². The van der Waals surface area contributed by atoms with Gasteiger partial charge >= 0.3 is 0 Å². The molecule has 2 aromatic rings. The molecule has 1 N–H and O–H groups in total. The van der Waals surface area contributed by atoms with E-state index < -0.39 is 0 Å². The third-order valence-electron chi connectivity index (χ3n) is 5.97. The van der Waals surface area contributed by atoms with Crippen LogP contribution in [0.1, 0.15) is 41.3 Å². The predicted molar refractivity (Wildman–Crippen MR) is 137 cm³/mol. The zero-order valence-electron chi connectivity index (χ0n) is 19.6. The lowest BCUT2D eigenvalue weighted by atomic mass is 10.1. The van der Waals surface area contributed by atoms with Crippen molar-refractivity contribution in [1.29, 1.82) is 0 Å². The second-order valence-corrected chi connectivity index (χ2v) is 9.04. The van der Waals surface area contributed by atoms with Crippen LogP contribution >= 0.6 is 12.6 Å². The van der Waals surface area contributed by atoms with Crippen LogP contribution in [0.3, 0.4) is 0 Å². The van der Waals surface area contributed by atoms with Gasteiger partial charge < -0.3 is 24.4 Å². The number of benzene rings is 1. The van der Waals surface area contributed by atoms with Crippen molar-refractivity contribution in [2.24, 2.45) is 4.99 Å². The number of hydrogen-bond acceptors (Lipinski definition) is 8.